The molecule has 2 amide bonds. The molecule has 0 unspecified atom stereocenters. The number of aryl methyl sites for hydroxylation is 1. The highest BCUT2D eigenvalue weighted by molar-refractivity contribution is 5.94. The number of nitrogens with one attached hydrogen (secondary N) is 2. The first-order chi connectivity index (χ1) is 9.90. The highest BCUT2D eigenvalue weighted by Crippen LogP contribution is 2.03. The lowest BCUT2D eigenvalue weighted by molar-refractivity contribution is -0.122. The van der Waals surface area contributed by atoms with E-state index in [1.54, 1.807) is 12.1 Å². The Balaban J connectivity index is 0.00000441. The van der Waals surface area contributed by atoms with E-state index < -0.39 is 6.04 Å². The Morgan fingerprint density at radius 2 is 1.64 bits per heavy atom. The minimum atomic E-state index is -0.488. The van der Waals surface area contributed by atoms with Crippen molar-refractivity contribution >= 4 is 24.2 Å². The Morgan fingerprint density at radius 3 is 2.18 bits per heavy atom. The molecule has 1 rings (SSSR count). The highest BCUT2D eigenvalue weighted by atomic mass is 35.5. The minimum Gasteiger partial charge on any atom is -0.353 e. The van der Waals surface area contributed by atoms with Crippen molar-refractivity contribution in [2.45, 2.75) is 33.2 Å². The van der Waals surface area contributed by atoms with Gasteiger partial charge in [-0.25, -0.2) is 0 Å². The van der Waals surface area contributed by atoms with Gasteiger partial charge in [0.25, 0.3) is 5.91 Å². The third kappa shape index (κ3) is 7.43. The number of amides is 2. The van der Waals surface area contributed by atoms with Crippen molar-refractivity contribution in [2.75, 3.05) is 13.1 Å². The Hall–Kier alpha value is -1.59. The zero-order chi connectivity index (χ0) is 15.8. The maximum Gasteiger partial charge on any atom is 0.251 e. The summed E-state index contributed by atoms with van der Waals surface area (Å²) in [6.45, 7) is 6.77. The van der Waals surface area contributed by atoms with Gasteiger partial charge in [-0.3, -0.25) is 9.59 Å². The molecule has 0 aliphatic carbocycles. The van der Waals surface area contributed by atoms with Gasteiger partial charge in [0.2, 0.25) is 5.91 Å². The van der Waals surface area contributed by atoms with E-state index in [0.29, 0.717) is 31.0 Å². The lowest BCUT2D eigenvalue weighted by Crippen LogP contribution is -2.44. The monoisotopic (exact) mass is 327 g/mol. The Bertz CT molecular complexity index is 475. The van der Waals surface area contributed by atoms with Crippen LogP contribution >= 0.6 is 12.4 Å². The van der Waals surface area contributed by atoms with Gasteiger partial charge in [0.05, 0.1) is 6.04 Å². The van der Waals surface area contributed by atoms with E-state index in [9.17, 15) is 9.59 Å². The number of hydrogen-bond acceptors (Lipinski definition) is 3. The second kappa shape index (κ2) is 10.2. The zero-order valence-electron chi connectivity index (χ0n) is 13.4. The van der Waals surface area contributed by atoms with Gasteiger partial charge < -0.3 is 16.4 Å². The van der Waals surface area contributed by atoms with Gasteiger partial charge >= 0.3 is 0 Å². The fraction of sp³-hybridized carbons (Fsp3) is 0.500. The van der Waals surface area contributed by atoms with Gasteiger partial charge in [-0.2, -0.15) is 0 Å². The first kappa shape index (κ1) is 20.4. The molecule has 124 valence electrons. The Kier molecular flexibility index (Phi) is 9.45. The molecule has 5 nitrogen and oxygen atoms in total. The zero-order valence-corrected chi connectivity index (χ0v) is 14.2. The van der Waals surface area contributed by atoms with Gasteiger partial charge in [0.1, 0.15) is 0 Å². The fourth-order valence-electron chi connectivity index (χ4n) is 1.91. The van der Waals surface area contributed by atoms with Crippen molar-refractivity contribution in [1.29, 1.82) is 0 Å². The summed E-state index contributed by atoms with van der Waals surface area (Å²) in [5.74, 6) is 0.0657. The maximum atomic E-state index is 11.8. The minimum absolute atomic E-state index is 0. The molecule has 0 aromatic heterocycles. The molecular formula is C16H26ClN3O2. The van der Waals surface area contributed by atoms with Crippen LogP contribution in [0.2, 0.25) is 0 Å². The van der Waals surface area contributed by atoms with Crippen LogP contribution < -0.4 is 16.4 Å². The molecular weight excluding hydrogens is 302 g/mol. The number of nitrogens with two attached hydrogens (primary N) is 1. The van der Waals surface area contributed by atoms with Gasteiger partial charge in [-0.15, -0.1) is 12.4 Å². The van der Waals surface area contributed by atoms with Crippen molar-refractivity contribution in [2.24, 2.45) is 11.7 Å². The molecule has 0 aliphatic rings. The largest absolute Gasteiger partial charge is 0.353 e. The summed E-state index contributed by atoms with van der Waals surface area (Å²) in [5, 5.41) is 5.48. The van der Waals surface area contributed by atoms with Gasteiger partial charge in [0.15, 0.2) is 0 Å². The topological polar surface area (TPSA) is 84.2 Å². The van der Waals surface area contributed by atoms with Crippen LogP contribution in [0.25, 0.3) is 0 Å². The van der Waals surface area contributed by atoms with Crippen LogP contribution in [0.15, 0.2) is 24.3 Å². The summed E-state index contributed by atoms with van der Waals surface area (Å²) in [4.78, 5) is 23.5. The summed E-state index contributed by atoms with van der Waals surface area (Å²) in [7, 11) is 0. The molecule has 4 N–H and O–H groups in total. The molecule has 0 heterocycles. The Labute approximate surface area is 138 Å². The van der Waals surface area contributed by atoms with E-state index in [0.717, 1.165) is 5.56 Å². The summed E-state index contributed by atoms with van der Waals surface area (Å²) >= 11 is 0. The van der Waals surface area contributed by atoms with Crippen LogP contribution in [0.1, 0.15) is 36.2 Å². The molecule has 1 aromatic rings. The van der Waals surface area contributed by atoms with E-state index >= 15 is 0 Å². The molecule has 0 fully saturated rings. The molecule has 0 saturated heterocycles. The highest BCUT2D eigenvalue weighted by Gasteiger charge is 2.14. The number of carbonyl (C=O) groups excluding carboxylic acids is 2. The van der Waals surface area contributed by atoms with Crippen LogP contribution in [0, 0.1) is 12.8 Å². The number of halogens is 1. The van der Waals surface area contributed by atoms with Crippen molar-refractivity contribution in [3.63, 3.8) is 0 Å². The molecule has 1 atom stereocenters. The van der Waals surface area contributed by atoms with E-state index in [4.69, 9.17) is 5.73 Å². The van der Waals surface area contributed by atoms with E-state index in [1.807, 2.05) is 32.9 Å². The summed E-state index contributed by atoms with van der Waals surface area (Å²) in [5.41, 5.74) is 7.49. The third-order valence-corrected chi connectivity index (χ3v) is 3.09. The van der Waals surface area contributed by atoms with Crippen LogP contribution in [0.5, 0.6) is 0 Å². The standard InChI is InChI=1S/C16H25N3O2.ClH/c1-11(2)10-14(17)16(21)19-9-8-18-15(20)13-6-4-12(3)5-7-13;/h4-7,11,14H,8-10,17H2,1-3H3,(H,18,20)(H,19,21);1H/t14-;/m0./s1. The fourth-order valence-corrected chi connectivity index (χ4v) is 1.91. The number of benzene rings is 1. The van der Waals surface area contributed by atoms with Gasteiger partial charge in [-0.1, -0.05) is 31.5 Å². The van der Waals surface area contributed by atoms with Gasteiger partial charge in [-0.05, 0) is 31.4 Å². The summed E-state index contributed by atoms with van der Waals surface area (Å²) < 4.78 is 0. The second-order valence-corrected chi connectivity index (χ2v) is 5.65. The van der Waals surface area contributed by atoms with Crippen LogP contribution in [-0.4, -0.2) is 30.9 Å². The molecule has 0 aliphatic heterocycles. The first-order valence-corrected chi connectivity index (χ1v) is 7.28. The quantitative estimate of drug-likeness (QED) is 0.666. The van der Waals surface area contributed by atoms with E-state index in [-0.39, 0.29) is 24.2 Å². The SMILES string of the molecule is Cc1ccc(C(=O)NCCNC(=O)[C@@H](N)CC(C)C)cc1.Cl. The molecule has 22 heavy (non-hydrogen) atoms. The maximum absolute atomic E-state index is 11.8. The van der Waals surface area contributed by atoms with Crippen LogP contribution in [0.4, 0.5) is 0 Å². The van der Waals surface area contributed by atoms with Crippen molar-refractivity contribution in [3.05, 3.63) is 35.4 Å². The number of carbonyl (C=O) groups is 2. The molecule has 1 aromatic carbocycles. The molecule has 0 spiro atoms. The van der Waals surface area contributed by atoms with Crippen LogP contribution in [-0.2, 0) is 4.79 Å². The van der Waals surface area contributed by atoms with E-state index in [2.05, 4.69) is 10.6 Å². The molecule has 0 saturated carbocycles. The first-order valence-electron chi connectivity index (χ1n) is 7.28. The van der Waals surface area contributed by atoms with Crippen molar-refractivity contribution in [1.82, 2.24) is 10.6 Å². The molecule has 0 bridgehead atoms. The predicted octanol–water partition coefficient (Wildman–Crippen LogP) is 1.64. The van der Waals surface area contributed by atoms with Gasteiger partial charge in [0, 0.05) is 18.7 Å². The number of rotatable bonds is 7. The lowest BCUT2D eigenvalue weighted by Gasteiger charge is -2.14. The average Bonchev–Trinajstić information content (AvgIpc) is 2.43. The summed E-state index contributed by atoms with van der Waals surface area (Å²) in [6, 6.07) is 6.85. The Morgan fingerprint density at radius 1 is 1.09 bits per heavy atom. The van der Waals surface area contributed by atoms with Crippen molar-refractivity contribution < 1.29 is 9.59 Å². The molecule has 6 heteroatoms. The third-order valence-electron chi connectivity index (χ3n) is 3.09. The second-order valence-electron chi connectivity index (χ2n) is 5.65. The normalized spacial score (nSPS) is 11.5. The smallest absolute Gasteiger partial charge is 0.251 e. The van der Waals surface area contributed by atoms with Crippen LogP contribution in [0.3, 0.4) is 0 Å². The lowest BCUT2D eigenvalue weighted by atomic mass is 10.0. The molecule has 0 radical (unpaired) electrons. The van der Waals surface area contributed by atoms with Crippen molar-refractivity contribution in [3.8, 4) is 0 Å². The summed E-state index contributed by atoms with van der Waals surface area (Å²) in [6.07, 6.45) is 0.654. The number of hydrogen-bond donors (Lipinski definition) is 3. The predicted molar refractivity (Wildman–Crippen MR) is 91.2 cm³/mol. The van der Waals surface area contributed by atoms with E-state index in [1.165, 1.54) is 0 Å². The average molecular weight is 328 g/mol.